The van der Waals surface area contributed by atoms with Crippen LogP contribution in [0.15, 0.2) is 81.9 Å². The third-order valence-corrected chi connectivity index (χ3v) is 5.79. The Labute approximate surface area is 200 Å². The lowest BCUT2D eigenvalue weighted by Gasteiger charge is -2.07. The smallest absolute Gasteiger partial charge is 0.363 e. The monoisotopic (exact) mass is 593 g/mol. The highest BCUT2D eigenvalue weighted by atomic mass is 127. The quantitative estimate of drug-likeness (QED) is 0.189. The van der Waals surface area contributed by atoms with Crippen LogP contribution in [-0.2, 0) is 16.1 Å². The largest absolute Gasteiger partial charge is 0.489 e. The zero-order chi connectivity index (χ0) is 21.1. The van der Waals surface area contributed by atoms with Crippen LogP contribution in [0.1, 0.15) is 16.7 Å². The summed E-state index contributed by atoms with van der Waals surface area (Å²) in [6.07, 6.45) is 1.67. The van der Waals surface area contributed by atoms with E-state index in [1.54, 1.807) is 12.1 Å². The minimum absolute atomic E-state index is 0.206. The molecule has 0 aromatic heterocycles. The van der Waals surface area contributed by atoms with E-state index >= 15 is 0 Å². The van der Waals surface area contributed by atoms with Gasteiger partial charge in [-0.2, -0.15) is 0 Å². The number of esters is 1. The molecule has 0 radical (unpaired) electrons. The van der Waals surface area contributed by atoms with Crippen LogP contribution in [0.4, 0.5) is 0 Å². The summed E-state index contributed by atoms with van der Waals surface area (Å²) >= 11 is 11.8. The summed E-state index contributed by atoms with van der Waals surface area (Å²) in [7, 11) is 0. The van der Waals surface area contributed by atoms with Gasteiger partial charge in [-0.15, -0.1) is 0 Å². The molecule has 0 spiro atoms. The zero-order valence-electron chi connectivity index (χ0n) is 15.4. The minimum atomic E-state index is -0.513. The van der Waals surface area contributed by atoms with Crippen molar-refractivity contribution in [2.24, 2.45) is 4.99 Å². The predicted octanol–water partition coefficient (Wildman–Crippen LogP) is 6.63. The first-order valence-corrected chi connectivity index (χ1v) is 11.2. The molecular formula is C23H14BrClINO3. The van der Waals surface area contributed by atoms with Gasteiger partial charge in [0.15, 0.2) is 5.70 Å². The molecule has 0 unspecified atom stereocenters. The van der Waals surface area contributed by atoms with Crippen LogP contribution < -0.4 is 4.74 Å². The lowest BCUT2D eigenvalue weighted by molar-refractivity contribution is -0.129. The van der Waals surface area contributed by atoms with Crippen molar-refractivity contribution in [2.75, 3.05) is 0 Å². The molecule has 0 N–H and O–H groups in total. The van der Waals surface area contributed by atoms with Crippen LogP contribution in [0.3, 0.4) is 0 Å². The molecule has 0 saturated carbocycles. The molecule has 150 valence electrons. The SMILES string of the molecule is O=C1OC(c2cc(I)ccc2Cl)=N/C1=C\c1cccc(OCc2ccc(Br)cc2)c1. The number of ether oxygens (including phenoxy) is 2. The van der Waals surface area contributed by atoms with Crippen molar-refractivity contribution in [3.05, 3.63) is 102 Å². The van der Waals surface area contributed by atoms with Gasteiger partial charge in [-0.25, -0.2) is 9.79 Å². The van der Waals surface area contributed by atoms with Gasteiger partial charge in [0.25, 0.3) is 0 Å². The molecule has 4 nitrogen and oxygen atoms in total. The average molecular weight is 595 g/mol. The zero-order valence-corrected chi connectivity index (χ0v) is 19.9. The van der Waals surface area contributed by atoms with Gasteiger partial charge in [0.1, 0.15) is 12.4 Å². The molecule has 0 bridgehead atoms. The Hall–Kier alpha value is -2.16. The maximum absolute atomic E-state index is 12.3. The molecule has 1 aliphatic heterocycles. The number of hydrogen-bond acceptors (Lipinski definition) is 4. The summed E-state index contributed by atoms with van der Waals surface area (Å²) in [5.74, 6) is 0.391. The van der Waals surface area contributed by atoms with Crippen LogP contribution in [0, 0.1) is 3.57 Å². The van der Waals surface area contributed by atoms with Gasteiger partial charge in [0.2, 0.25) is 5.90 Å². The molecular weight excluding hydrogens is 581 g/mol. The molecule has 0 amide bonds. The summed E-state index contributed by atoms with van der Waals surface area (Å²) < 4.78 is 13.2. The number of halogens is 3. The predicted molar refractivity (Wildman–Crippen MR) is 130 cm³/mol. The Morgan fingerprint density at radius 1 is 1.10 bits per heavy atom. The van der Waals surface area contributed by atoms with Crippen LogP contribution in [0.25, 0.3) is 6.08 Å². The van der Waals surface area contributed by atoms with E-state index in [1.165, 1.54) is 0 Å². The second kappa shape index (κ2) is 9.32. The van der Waals surface area contributed by atoms with Crippen LogP contribution in [0.2, 0.25) is 5.02 Å². The van der Waals surface area contributed by atoms with Gasteiger partial charge in [0.05, 0.1) is 10.6 Å². The maximum atomic E-state index is 12.3. The third-order valence-electron chi connectivity index (χ3n) is 4.26. The molecule has 4 rings (SSSR count). The molecule has 1 heterocycles. The number of nitrogens with zero attached hydrogens (tertiary/aromatic N) is 1. The number of cyclic esters (lactones) is 1. The first-order chi connectivity index (χ1) is 14.5. The normalized spacial score (nSPS) is 14.6. The van der Waals surface area contributed by atoms with E-state index in [4.69, 9.17) is 21.1 Å². The first-order valence-electron chi connectivity index (χ1n) is 8.93. The Bertz CT molecular complexity index is 1180. The van der Waals surface area contributed by atoms with Gasteiger partial charge in [-0.3, -0.25) is 0 Å². The summed E-state index contributed by atoms with van der Waals surface area (Å²) in [5, 5.41) is 0.478. The molecule has 3 aromatic rings. The third kappa shape index (κ3) is 5.11. The summed E-state index contributed by atoms with van der Waals surface area (Å²) in [4.78, 5) is 16.6. The molecule has 7 heteroatoms. The van der Waals surface area contributed by atoms with Gasteiger partial charge in [-0.05, 0) is 82.3 Å². The Balaban J connectivity index is 1.53. The van der Waals surface area contributed by atoms with Gasteiger partial charge in [-0.1, -0.05) is 51.8 Å². The lowest BCUT2D eigenvalue weighted by Crippen LogP contribution is -2.06. The minimum Gasteiger partial charge on any atom is -0.489 e. The molecule has 0 aliphatic carbocycles. The van der Waals surface area contributed by atoms with Crippen molar-refractivity contribution in [1.82, 2.24) is 0 Å². The molecule has 1 aliphatic rings. The van der Waals surface area contributed by atoms with Crippen molar-refractivity contribution in [3.8, 4) is 5.75 Å². The van der Waals surface area contributed by atoms with E-state index in [9.17, 15) is 4.79 Å². The first kappa shape index (κ1) is 21.1. The Morgan fingerprint density at radius 3 is 2.70 bits per heavy atom. The number of rotatable bonds is 5. The van der Waals surface area contributed by atoms with Crippen LogP contribution in [0.5, 0.6) is 5.75 Å². The summed E-state index contributed by atoms with van der Waals surface area (Å²) in [5.41, 5.74) is 2.65. The summed E-state index contributed by atoms with van der Waals surface area (Å²) in [6, 6.07) is 20.9. The molecule has 0 atom stereocenters. The fraction of sp³-hybridized carbons (Fsp3) is 0.0435. The van der Waals surface area contributed by atoms with Crippen LogP contribution >= 0.6 is 50.1 Å². The number of aliphatic imine (C=N–C) groups is 1. The number of benzene rings is 3. The molecule has 0 saturated heterocycles. The number of carbonyl (C=O) groups is 1. The van der Waals surface area contributed by atoms with Crippen molar-refractivity contribution in [3.63, 3.8) is 0 Å². The molecule has 3 aromatic carbocycles. The van der Waals surface area contributed by atoms with E-state index in [2.05, 4.69) is 43.5 Å². The number of hydrogen-bond donors (Lipinski definition) is 0. The summed E-state index contributed by atoms with van der Waals surface area (Å²) in [6.45, 7) is 0.447. The fourth-order valence-corrected chi connectivity index (χ4v) is 3.74. The topological polar surface area (TPSA) is 47.9 Å². The van der Waals surface area contributed by atoms with E-state index < -0.39 is 5.97 Å². The fourth-order valence-electron chi connectivity index (χ4n) is 2.79. The molecule has 0 fully saturated rings. The van der Waals surface area contributed by atoms with E-state index in [-0.39, 0.29) is 11.6 Å². The lowest BCUT2D eigenvalue weighted by atomic mass is 10.2. The van der Waals surface area contributed by atoms with Crippen LogP contribution in [-0.4, -0.2) is 11.9 Å². The van der Waals surface area contributed by atoms with E-state index in [0.29, 0.717) is 22.9 Å². The van der Waals surface area contributed by atoms with Gasteiger partial charge >= 0.3 is 5.97 Å². The van der Waals surface area contributed by atoms with Crippen molar-refractivity contribution >= 4 is 68.1 Å². The number of carbonyl (C=O) groups excluding carboxylic acids is 1. The second-order valence-corrected chi connectivity index (χ2v) is 9.02. The highest BCUT2D eigenvalue weighted by Crippen LogP contribution is 2.26. The van der Waals surface area contributed by atoms with Crippen molar-refractivity contribution < 1.29 is 14.3 Å². The van der Waals surface area contributed by atoms with Gasteiger partial charge in [0, 0.05) is 8.04 Å². The standard InChI is InChI=1S/C23H14BrClINO3/c24-16-6-4-14(5-7-16)13-29-18-3-1-2-15(10-18)11-21-23(28)30-22(27-21)19-12-17(26)8-9-20(19)25/h1-12H,13H2/b21-11-. The maximum Gasteiger partial charge on any atom is 0.363 e. The Kier molecular flexibility index (Phi) is 6.55. The van der Waals surface area contributed by atoms with E-state index in [0.717, 1.165) is 19.2 Å². The van der Waals surface area contributed by atoms with Crippen molar-refractivity contribution in [2.45, 2.75) is 6.61 Å². The Morgan fingerprint density at radius 2 is 1.90 bits per heavy atom. The highest BCUT2D eigenvalue weighted by molar-refractivity contribution is 14.1. The van der Waals surface area contributed by atoms with Gasteiger partial charge < -0.3 is 9.47 Å². The molecule has 30 heavy (non-hydrogen) atoms. The van der Waals surface area contributed by atoms with Crippen molar-refractivity contribution in [1.29, 1.82) is 0 Å². The van der Waals surface area contributed by atoms with E-state index in [1.807, 2.05) is 60.7 Å². The second-order valence-electron chi connectivity index (χ2n) is 6.45. The average Bonchev–Trinajstić information content (AvgIpc) is 3.10. The highest BCUT2D eigenvalue weighted by Gasteiger charge is 2.25.